The van der Waals surface area contributed by atoms with Gasteiger partial charge in [-0.3, -0.25) is 4.99 Å². The molecule has 0 saturated carbocycles. The summed E-state index contributed by atoms with van der Waals surface area (Å²) in [5.41, 5.74) is 0. The first kappa shape index (κ1) is 11.1. The molecule has 1 N–H and O–H groups in total. The smallest absolute Gasteiger partial charge is 0.328 e. The third kappa shape index (κ3) is 4.88. The van der Waals surface area contributed by atoms with Gasteiger partial charge in [-0.25, -0.2) is 4.79 Å². The summed E-state index contributed by atoms with van der Waals surface area (Å²) in [5.74, 6) is -0.285. The molecule has 0 heterocycles. The van der Waals surface area contributed by atoms with E-state index in [9.17, 15) is 4.79 Å². The minimum atomic E-state index is -0.825. The second-order valence-electron chi connectivity index (χ2n) is 3.23. The van der Waals surface area contributed by atoms with Crippen LogP contribution in [0.2, 0.25) is 0 Å². The fourth-order valence-electron chi connectivity index (χ4n) is 0.933. The van der Waals surface area contributed by atoms with E-state index < -0.39 is 12.0 Å². The lowest BCUT2D eigenvalue weighted by atomic mass is 10.0. The van der Waals surface area contributed by atoms with Crippen LogP contribution in [0.5, 0.6) is 0 Å². The first-order valence-electron chi connectivity index (χ1n) is 4.28. The monoisotopic (exact) mass is 171 g/mol. The van der Waals surface area contributed by atoms with Gasteiger partial charge in [-0.2, -0.15) is 0 Å². The Morgan fingerprint density at radius 2 is 2.08 bits per heavy atom. The number of carboxylic acid groups (broad SMARTS) is 1. The molecule has 0 amide bonds. The Morgan fingerprint density at radius 1 is 1.50 bits per heavy atom. The molecule has 0 aliphatic rings. The molecule has 0 aliphatic carbocycles. The van der Waals surface area contributed by atoms with Gasteiger partial charge in [0.1, 0.15) is 6.04 Å². The summed E-state index contributed by atoms with van der Waals surface area (Å²) < 4.78 is 0. The zero-order chi connectivity index (χ0) is 9.56. The topological polar surface area (TPSA) is 49.7 Å². The highest BCUT2D eigenvalue weighted by atomic mass is 16.4. The fourth-order valence-corrected chi connectivity index (χ4v) is 0.933. The molecule has 0 aliphatic heterocycles. The van der Waals surface area contributed by atoms with Crippen molar-refractivity contribution in [2.45, 2.75) is 39.7 Å². The van der Waals surface area contributed by atoms with E-state index >= 15 is 0 Å². The molecule has 0 fully saturated rings. The predicted octanol–water partition coefficient (Wildman–Crippen LogP) is 1.97. The fraction of sp³-hybridized carbons (Fsp3) is 0.778. The van der Waals surface area contributed by atoms with Gasteiger partial charge in [0.25, 0.3) is 0 Å². The highest BCUT2D eigenvalue weighted by Gasteiger charge is 2.14. The Morgan fingerprint density at radius 3 is 2.42 bits per heavy atom. The minimum Gasteiger partial charge on any atom is -0.480 e. The van der Waals surface area contributed by atoms with Gasteiger partial charge >= 0.3 is 5.97 Å². The van der Waals surface area contributed by atoms with Crippen molar-refractivity contribution in [1.82, 2.24) is 0 Å². The van der Waals surface area contributed by atoms with Crippen molar-refractivity contribution >= 4 is 12.2 Å². The number of nitrogens with zero attached hydrogens (tertiary/aromatic N) is 1. The number of carbonyl (C=O) groups is 1. The highest BCUT2D eigenvalue weighted by molar-refractivity contribution is 5.75. The molecule has 0 bridgehead atoms. The lowest BCUT2D eigenvalue weighted by Crippen LogP contribution is -2.18. The Kier molecular flexibility index (Phi) is 5.34. The van der Waals surface area contributed by atoms with Crippen LogP contribution < -0.4 is 0 Å². The zero-order valence-electron chi connectivity index (χ0n) is 7.95. The van der Waals surface area contributed by atoms with Crippen molar-refractivity contribution in [3.63, 3.8) is 0 Å². The number of hydrogen-bond acceptors (Lipinski definition) is 2. The average Bonchev–Trinajstić information content (AvgIpc) is 1.96. The molecule has 0 radical (unpaired) electrons. The van der Waals surface area contributed by atoms with Crippen molar-refractivity contribution in [3.05, 3.63) is 0 Å². The van der Waals surface area contributed by atoms with E-state index in [1.165, 1.54) is 0 Å². The predicted molar refractivity (Wildman–Crippen MR) is 49.7 cm³/mol. The van der Waals surface area contributed by atoms with Gasteiger partial charge in [-0.1, -0.05) is 13.8 Å². The Labute approximate surface area is 73.5 Å². The van der Waals surface area contributed by atoms with Gasteiger partial charge in [0.05, 0.1) is 0 Å². The first-order chi connectivity index (χ1) is 5.57. The normalized spacial score (nSPS) is 14.0. The summed E-state index contributed by atoms with van der Waals surface area (Å²) >= 11 is 0. The van der Waals surface area contributed by atoms with Crippen LogP contribution in [0.4, 0.5) is 0 Å². The van der Waals surface area contributed by atoms with Gasteiger partial charge < -0.3 is 5.11 Å². The maximum atomic E-state index is 10.6. The number of hydrogen-bond donors (Lipinski definition) is 1. The van der Waals surface area contributed by atoms with E-state index in [4.69, 9.17) is 5.11 Å². The van der Waals surface area contributed by atoms with E-state index in [-0.39, 0.29) is 0 Å². The largest absolute Gasteiger partial charge is 0.480 e. The van der Waals surface area contributed by atoms with Crippen LogP contribution in [0.25, 0.3) is 0 Å². The Bertz CT molecular complexity index is 164. The molecule has 1 unspecified atom stereocenters. The third-order valence-corrected chi connectivity index (χ3v) is 1.63. The molecule has 0 spiro atoms. The second kappa shape index (κ2) is 5.75. The van der Waals surface area contributed by atoms with Gasteiger partial charge in [-0.05, 0) is 31.9 Å². The van der Waals surface area contributed by atoms with Crippen LogP contribution >= 0.6 is 0 Å². The Hall–Kier alpha value is -0.860. The van der Waals surface area contributed by atoms with Crippen molar-refractivity contribution in [1.29, 1.82) is 0 Å². The minimum absolute atomic E-state index is 0.541. The summed E-state index contributed by atoms with van der Waals surface area (Å²) in [7, 11) is 0. The molecule has 70 valence electrons. The van der Waals surface area contributed by atoms with Gasteiger partial charge in [-0.15, -0.1) is 0 Å². The molecule has 3 heteroatoms. The highest BCUT2D eigenvalue weighted by Crippen LogP contribution is 2.09. The van der Waals surface area contributed by atoms with E-state index in [1.807, 2.05) is 0 Å². The molecular formula is C9H17NO2. The number of carboxylic acids is 1. The quantitative estimate of drug-likeness (QED) is 0.643. The van der Waals surface area contributed by atoms with Crippen LogP contribution in [0.3, 0.4) is 0 Å². The summed E-state index contributed by atoms with van der Waals surface area (Å²) in [6, 6.07) is -0.544. The molecule has 0 aromatic carbocycles. The molecule has 12 heavy (non-hydrogen) atoms. The van der Waals surface area contributed by atoms with Crippen LogP contribution in [0.1, 0.15) is 33.6 Å². The Balaban J connectivity index is 3.88. The van der Waals surface area contributed by atoms with Crippen LogP contribution in [0.15, 0.2) is 4.99 Å². The van der Waals surface area contributed by atoms with E-state index in [0.29, 0.717) is 12.3 Å². The standard InChI is InChI=1S/C9H17NO2/c1-4-10-8(9(11)12)6-5-7(2)3/h4,7-8H,5-6H2,1-3H3,(H,11,12). The van der Waals surface area contributed by atoms with E-state index in [2.05, 4.69) is 18.8 Å². The summed E-state index contributed by atoms with van der Waals surface area (Å²) in [4.78, 5) is 14.5. The average molecular weight is 171 g/mol. The molecule has 0 rings (SSSR count). The molecular weight excluding hydrogens is 154 g/mol. The number of aliphatic carboxylic acids is 1. The SMILES string of the molecule is CC=NC(CCC(C)C)C(=O)O. The van der Waals surface area contributed by atoms with Gasteiger partial charge in [0.2, 0.25) is 0 Å². The van der Waals surface area contributed by atoms with E-state index in [0.717, 1.165) is 6.42 Å². The maximum Gasteiger partial charge on any atom is 0.328 e. The van der Waals surface area contributed by atoms with Crippen molar-refractivity contribution in [3.8, 4) is 0 Å². The van der Waals surface area contributed by atoms with Crippen molar-refractivity contribution in [2.75, 3.05) is 0 Å². The lowest BCUT2D eigenvalue weighted by molar-refractivity contribution is -0.138. The van der Waals surface area contributed by atoms with Crippen LogP contribution in [0, 0.1) is 5.92 Å². The molecule has 0 saturated heterocycles. The summed E-state index contributed by atoms with van der Waals surface area (Å²) in [6.45, 7) is 5.90. The molecule has 0 aromatic rings. The summed E-state index contributed by atoms with van der Waals surface area (Å²) in [6.07, 6.45) is 3.10. The zero-order valence-corrected chi connectivity index (χ0v) is 7.95. The molecule has 1 atom stereocenters. The van der Waals surface area contributed by atoms with Crippen LogP contribution in [-0.2, 0) is 4.79 Å². The maximum absolute atomic E-state index is 10.6. The van der Waals surface area contributed by atoms with Gasteiger partial charge in [0.15, 0.2) is 0 Å². The molecule has 0 aromatic heterocycles. The van der Waals surface area contributed by atoms with Crippen molar-refractivity contribution in [2.24, 2.45) is 10.9 Å². The lowest BCUT2D eigenvalue weighted by Gasteiger charge is -2.08. The number of aliphatic imine (C=N–C) groups is 1. The second-order valence-corrected chi connectivity index (χ2v) is 3.23. The number of rotatable bonds is 5. The van der Waals surface area contributed by atoms with E-state index in [1.54, 1.807) is 13.1 Å². The third-order valence-electron chi connectivity index (χ3n) is 1.63. The summed E-state index contributed by atoms with van der Waals surface area (Å²) in [5, 5.41) is 8.70. The van der Waals surface area contributed by atoms with Crippen LogP contribution in [-0.4, -0.2) is 23.3 Å². The first-order valence-corrected chi connectivity index (χ1v) is 4.28. The van der Waals surface area contributed by atoms with Gasteiger partial charge in [0, 0.05) is 0 Å². The van der Waals surface area contributed by atoms with Crippen molar-refractivity contribution < 1.29 is 9.90 Å². The molecule has 3 nitrogen and oxygen atoms in total.